The number of aromatic nitrogens is 2. The molecule has 1 aromatic heterocycles. The summed E-state index contributed by atoms with van der Waals surface area (Å²) < 4.78 is 19.5. The van der Waals surface area contributed by atoms with Crippen molar-refractivity contribution >= 4 is 17.5 Å². The summed E-state index contributed by atoms with van der Waals surface area (Å²) in [5.41, 5.74) is 4.22. The summed E-state index contributed by atoms with van der Waals surface area (Å²) in [6, 6.07) is 14.2. The highest BCUT2D eigenvalue weighted by Gasteiger charge is 2.31. The molecule has 5 rings (SSSR count). The second kappa shape index (κ2) is 9.12. The van der Waals surface area contributed by atoms with Crippen molar-refractivity contribution < 1.29 is 9.13 Å². The zero-order valence-corrected chi connectivity index (χ0v) is 19.1. The van der Waals surface area contributed by atoms with E-state index in [0.717, 1.165) is 41.4 Å². The van der Waals surface area contributed by atoms with Crippen molar-refractivity contribution in [1.82, 2.24) is 14.9 Å². The van der Waals surface area contributed by atoms with E-state index in [0.29, 0.717) is 30.4 Å². The average molecular weight is 457 g/mol. The molecule has 4 bridgehead atoms. The molecule has 0 aliphatic carbocycles. The van der Waals surface area contributed by atoms with E-state index in [2.05, 4.69) is 28.2 Å². The number of hydrogen-bond donors (Lipinski definition) is 1. The fourth-order valence-corrected chi connectivity index (χ4v) is 4.46. The van der Waals surface area contributed by atoms with Crippen LogP contribution in [0.15, 0.2) is 54.6 Å². The first-order valence-corrected chi connectivity index (χ1v) is 11.2. The van der Waals surface area contributed by atoms with Gasteiger partial charge in [-0.15, -0.1) is 0 Å². The number of hydrogen-bond acceptors (Lipinski definition) is 7. The molecule has 3 heterocycles. The van der Waals surface area contributed by atoms with Gasteiger partial charge in [0.25, 0.3) is 0 Å². The third-order valence-electron chi connectivity index (χ3n) is 6.14. The molecule has 7 nitrogen and oxygen atoms in total. The lowest BCUT2D eigenvalue weighted by atomic mass is 9.88. The number of nitrogens with zero attached hydrogens (tertiary/aromatic N) is 5. The summed E-state index contributed by atoms with van der Waals surface area (Å²) >= 11 is 0. The standard InChI is InChI=1S/C26H25FN6O/c1-32-15-21(17-5-8-19(27)9-6-17)24-22(16-32)25-31-26(30-24)29-20-10-7-18(14-28)23(13-20)34-12-4-3-11-33(25)2/h3-10,13,21H,11-12,15-16H2,1-2H3,(H,29,30,31). The van der Waals surface area contributed by atoms with Crippen LogP contribution in [-0.4, -0.2) is 48.7 Å². The van der Waals surface area contributed by atoms with Crippen molar-refractivity contribution in [3.8, 4) is 11.8 Å². The number of fused-ring (bicyclic) bond motifs is 6. The van der Waals surface area contributed by atoms with Gasteiger partial charge in [0, 0.05) is 49.9 Å². The van der Waals surface area contributed by atoms with E-state index in [4.69, 9.17) is 14.7 Å². The molecule has 0 saturated carbocycles. The second-order valence-electron chi connectivity index (χ2n) is 8.65. The largest absolute Gasteiger partial charge is 0.488 e. The average Bonchev–Trinajstić information content (AvgIpc) is 2.84. The lowest BCUT2D eigenvalue weighted by Gasteiger charge is -2.34. The molecular formula is C26H25FN6O. The number of likely N-dealkylation sites (N-methyl/N-ethyl adjacent to an activating group) is 2. The third kappa shape index (κ3) is 4.30. The van der Waals surface area contributed by atoms with E-state index in [1.54, 1.807) is 12.1 Å². The highest BCUT2D eigenvalue weighted by molar-refractivity contribution is 5.63. The van der Waals surface area contributed by atoms with Crippen LogP contribution in [0.2, 0.25) is 0 Å². The summed E-state index contributed by atoms with van der Waals surface area (Å²) in [6.07, 6.45) is 3.97. The topological polar surface area (TPSA) is 77.3 Å². The molecule has 0 spiro atoms. The first-order valence-electron chi connectivity index (χ1n) is 11.2. The van der Waals surface area contributed by atoms with Crippen LogP contribution in [0, 0.1) is 17.1 Å². The molecule has 172 valence electrons. The predicted molar refractivity (Wildman–Crippen MR) is 129 cm³/mol. The minimum absolute atomic E-state index is 0.0175. The van der Waals surface area contributed by atoms with Crippen LogP contribution in [0.3, 0.4) is 0 Å². The molecule has 1 N–H and O–H groups in total. The Labute approximate surface area is 198 Å². The second-order valence-corrected chi connectivity index (χ2v) is 8.65. The number of nitriles is 1. The van der Waals surface area contributed by atoms with Gasteiger partial charge >= 0.3 is 0 Å². The van der Waals surface area contributed by atoms with Crippen molar-refractivity contribution in [2.24, 2.45) is 0 Å². The normalized spacial score (nSPS) is 17.8. The lowest BCUT2D eigenvalue weighted by molar-refractivity contribution is 0.291. The van der Waals surface area contributed by atoms with Gasteiger partial charge in [-0.3, -0.25) is 0 Å². The summed E-state index contributed by atoms with van der Waals surface area (Å²) in [5, 5.41) is 12.7. The molecule has 2 aromatic carbocycles. The highest BCUT2D eigenvalue weighted by Crippen LogP contribution is 2.37. The van der Waals surface area contributed by atoms with Crippen LogP contribution in [0.4, 0.5) is 21.8 Å². The Balaban J connectivity index is 1.65. The van der Waals surface area contributed by atoms with Crippen LogP contribution < -0.4 is 15.0 Å². The Bertz CT molecular complexity index is 1280. The smallest absolute Gasteiger partial charge is 0.229 e. The Morgan fingerprint density at radius 3 is 2.74 bits per heavy atom. The molecule has 0 saturated heterocycles. The minimum atomic E-state index is -0.255. The zero-order valence-electron chi connectivity index (χ0n) is 19.1. The number of benzene rings is 2. The Morgan fingerprint density at radius 2 is 1.94 bits per heavy atom. The number of ether oxygens (including phenoxy) is 1. The Morgan fingerprint density at radius 1 is 1.12 bits per heavy atom. The van der Waals surface area contributed by atoms with E-state index in [1.165, 1.54) is 12.1 Å². The molecule has 0 radical (unpaired) electrons. The molecule has 8 heteroatoms. The first-order chi connectivity index (χ1) is 16.5. The van der Waals surface area contributed by atoms with Gasteiger partial charge in [0.15, 0.2) is 0 Å². The van der Waals surface area contributed by atoms with Gasteiger partial charge in [-0.05, 0) is 43.0 Å². The molecule has 2 aliphatic rings. The van der Waals surface area contributed by atoms with Gasteiger partial charge in [0.05, 0.1) is 11.3 Å². The summed E-state index contributed by atoms with van der Waals surface area (Å²) in [7, 11) is 4.08. The Kier molecular flexibility index (Phi) is 5.86. The van der Waals surface area contributed by atoms with Crippen LogP contribution in [-0.2, 0) is 6.54 Å². The van der Waals surface area contributed by atoms with Gasteiger partial charge < -0.3 is 19.9 Å². The Hall–Kier alpha value is -3.96. The summed E-state index contributed by atoms with van der Waals surface area (Å²) in [4.78, 5) is 14.2. The van der Waals surface area contributed by atoms with E-state index in [1.807, 2.05) is 37.4 Å². The maximum atomic E-state index is 13.6. The van der Waals surface area contributed by atoms with Gasteiger partial charge in [0.2, 0.25) is 5.95 Å². The van der Waals surface area contributed by atoms with Crippen LogP contribution in [0.1, 0.15) is 28.3 Å². The summed E-state index contributed by atoms with van der Waals surface area (Å²) in [6.45, 7) is 2.50. The van der Waals surface area contributed by atoms with Crippen molar-refractivity contribution in [3.05, 3.63) is 82.8 Å². The summed E-state index contributed by atoms with van der Waals surface area (Å²) in [5.74, 6) is 1.56. The van der Waals surface area contributed by atoms with Crippen molar-refractivity contribution in [2.75, 3.05) is 44.0 Å². The number of halogens is 1. The number of rotatable bonds is 1. The van der Waals surface area contributed by atoms with E-state index >= 15 is 0 Å². The molecular weight excluding hydrogens is 431 g/mol. The number of nitrogens with one attached hydrogen (secondary N) is 1. The van der Waals surface area contributed by atoms with Crippen molar-refractivity contribution in [1.29, 1.82) is 5.26 Å². The molecule has 1 atom stereocenters. The van der Waals surface area contributed by atoms with Gasteiger partial charge in [-0.2, -0.15) is 10.2 Å². The zero-order chi connectivity index (χ0) is 23.7. The fourth-order valence-electron chi connectivity index (χ4n) is 4.46. The van der Waals surface area contributed by atoms with E-state index in [9.17, 15) is 9.65 Å². The SMILES string of the molecule is CN1Cc2c(nc3nc2N(C)CC=CCOc2cc(ccc2C#N)N3)C(c2ccc(F)cc2)C1. The quantitative estimate of drug-likeness (QED) is 0.550. The molecule has 1 unspecified atom stereocenters. The molecule has 2 aliphatic heterocycles. The van der Waals surface area contributed by atoms with E-state index in [-0.39, 0.29) is 11.7 Å². The van der Waals surface area contributed by atoms with Gasteiger partial charge in [0.1, 0.15) is 30.1 Å². The van der Waals surface area contributed by atoms with Crippen LogP contribution >= 0.6 is 0 Å². The highest BCUT2D eigenvalue weighted by atomic mass is 19.1. The third-order valence-corrected chi connectivity index (χ3v) is 6.14. The molecule has 0 fully saturated rings. The van der Waals surface area contributed by atoms with Crippen LogP contribution in [0.25, 0.3) is 0 Å². The molecule has 34 heavy (non-hydrogen) atoms. The lowest BCUT2D eigenvalue weighted by Crippen LogP contribution is -2.34. The molecule has 3 aromatic rings. The van der Waals surface area contributed by atoms with Gasteiger partial charge in [-0.1, -0.05) is 18.2 Å². The first kappa shape index (κ1) is 21.9. The van der Waals surface area contributed by atoms with Crippen molar-refractivity contribution in [2.45, 2.75) is 12.5 Å². The number of anilines is 3. The fraction of sp³-hybridized carbons (Fsp3) is 0.269. The van der Waals surface area contributed by atoms with Crippen LogP contribution in [0.5, 0.6) is 5.75 Å². The maximum absolute atomic E-state index is 13.6. The van der Waals surface area contributed by atoms with Gasteiger partial charge in [-0.25, -0.2) is 9.37 Å². The van der Waals surface area contributed by atoms with E-state index < -0.39 is 0 Å². The maximum Gasteiger partial charge on any atom is 0.229 e. The van der Waals surface area contributed by atoms with Crippen molar-refractivity contribution in [3.63, 3.8) is 0 Å². The molecule has 0 amide bonds. The minimum Gasteiger partial charge on any atom is -0.488 e. The monoisotopic (exact) mass is 456 g/mol. The predicted octanol–water partition coefficient (Wildman–Crippen LogP) is 4.19.